The van der Waals surface area contributed by atoms with Crippen LogP contribution >= 0.6 is 0 Å². The molecule has 0 rings (SSSR count). The molecule has 0 spiro atoms. The van der Waals surface area contributed by atoms with Crippen molar-refractivity contribution in [2.45, 2.75) is 0 Å². The van der Waals surface area contributed by atoms with Gasteiger partial charge in [0.05, 0.1) is 0 Å². The van der Waals surface area contributed by atoms with Crippen molar-refractivity contribution in [3.63, 3.8) is 0 Å². The fourth-order valence-electron chi connectivity index (χ4n) is 0. The van der Waals surface area contributed by atoms with Gasteiger partial charge in [0.2, 0.25) is 0 Å². The predicted molar refractivity (Wildman–Crippen MR) is 1.37 cm³/mol. The van der Waals surface area contributed by atoms with Crippen molar-refractivity contribution in [3.05, 3.63) is 0 Å². The van der Waals surface area contributed by atoms with Gasteiger partial charge in [-0.15, -0.1) is 0 Å². The molecule has 0 fully saturated rings. The van der Waals surface area contributed by atoms with Gasteiger partial charge in [0.25, 0.3) is 0 Å². The van der Waals surface area contributed by atoms with E-state index in [-0.39, 0.29) is 80.2 Å². The Labute approximate surface area is 108 Å². The molecule has 0 aromatic rings. The van der Waals surface area contributed by atoms with E-state index in [4.69, 9.17) is 16.0 Å². The molecule has 0 saturated carbocycles. The fraction of sp³-hybridized carbons (Fsp3) is 0. The van der Waals surface area contributed by atoms with Crippen LogP contribution in [0.15, 0.2) is 0 Å². The van der Waals surface area contributed by atoms with E-state index in [1.807, 2.05) is 0 Å². The van der Waals surface area contributed by atoms with Gasteiger partial charge in [0, 0.05) is 0 Å². The predicted octanol–water partition coefficient (Wildman–Crippen LogP) is -5.62. The summed E-state index contributed by atoms with van der Waals surface area (Å²) in [6, 6.07) is 0. The molecule has 0 saturated heterocycles. The zero-order valence-electron chi connectivity index (χ0n) is 3.98. The first-order valence-corrected chi connectivity index (χ1v) is 2.54. The normalized spacial score (nSPS) is 6.44. The zero-order chi connectivity index (χ0) is 4.50. The molecule has 0 atom stereocenters. The van der Waals surface area contributed by atoms with E-state index in [0.717, 1.165) is 0 Å². The number of rotatable bonds is 0. The van der Waals surface area contributed by atoms with E-state index in [2.05, 4.69) is 0 Å². The van der Waals surface area contributed by atoms with Crippen molar-refractivity contribution in [2.75, 3.05) is 0 Å². The summed E-state index contributed by atoms with van der Waals surface area (Å²) in [5.41, 5.74) is 0. The van der Waals surface area contributed by atoms with Crippen molar-refractivity contribution in [3.8, 4) is 0 Å². The van der Waals surface area contributed by atoms with E-state index < -0.39 is 13.4 Å². The summed E-state index contributed by atoms with van der Waals surface area (Å²) >= 11 is -5.62. The molecule has 0 heterocycles. The Morgan fingerprint density at radius 3 is 1.11 bits per heavy atom. The van der Waals surface area contributed by atoms with E-state index in [0.29, 0.717) is 0 Å². The van der Waals surface area contributed by atoms with E-state index in [1.165, 1.54) is 0 Å². The van der Waals surface area contributed by atoms with Crippen molar-refractivity contribution < 1.29 is 110 Å². The molecule has 0 aliphatic heterocycles. The first-order valence-electron chi connectivity index (χ1n) is 0.617. The molecule has 9 heteroatoms. The molecule has 0 aliphatic carbocycles. The Morgan fingerprint density at radius 2 is 1.11 bits per heavy atom. The quantitative estimate of drug-likeness (QED) is 0.417. The first-order chi connectivity index (χ1) is 2.00. The van der Waals surface area contributed by atoms with Crippen LogP contribution in [-0.2, 0) is 71.7 Å². The van der Waals surface area contributed by atoms with Gasteiger partial charge in [0.1, 0.15) is 0 Å². The molecular formula is CuFeMnNaNiO4+5. The van der Waals surface area contributed by atoms with Gasteiger partial charge >= 0.3 is 110 Å². The number of hydrogen-bond acceptors (Lipinski definition) is 4. The van der Waals surface area contributed by atoms with Gasteiger partial charge < -0.3 is 0 Å². The maximum atomic E-state index is 8.58. The van der Waals surface area contributed by atoms with Crippen molar-refractivity contribution in [1.29, 1.82) is 0 Å². The summed E-state index contributed by atoms with van der Waals surface area (Å²) in [6.45, 7) is 0. The molecule has 0 aromatic heterocycles. The second-order valence-electron chi connectivity index (χ2n) is 0.378. The summed E-state index contributed by atoms with van der Waals surface area (Å²) < 4.78 is 34.3. The number of hydrogen-bond donors (Lipinski definition) is 0. The Morgan fingerprint density at radius 1 is 1.11 bits per heavy atom. The van der Waals surface area contributed by atoms with Crippen LogP contribution in [-0.4, -0.2) is 0 Å². The minimum absolute atomic E-state index is 0. The monoisotopic (exact) mass is 319 g/mol. The van der Waals surface area contributed by atoms with Crippen LogP contribution in [0, 0.1) is 0 Å². The molecule has 1 radical (unpaired) electrons. The Bertz CT molecular complexity index is 104. The Kier molecular flexibility index (Phi) is 43.9. The molecule has 0 aliphatic rings. The maximum absolute atomic E-state index is 8.58. The molecule has 4 nitrogen and oxygen atoms in total. The molecule has 0 unspecified atom stereocenters. The van der Waals surface area contributed by atoms with Crippen LogP contribution in [0.4, 0.5) is 0 Å². The SMILES string of the molecule is [Cu+2].[Fe+2].[Na+].[Ni+2].[O]=[Mn](=[O])([O-])[O-]. The average Bonchev–Trinajstić information content (AvgIpc) is 0.722. The molecule has 0 N–H and O–H groups in total. The fourth-order valence-corrected chi connectivity index (χ4v) is 0. The standard InChI is InChI=1S/Cu.Fe.Mn.Na.Ni.4O/q2*+2;;+1;+2;;;2*-1. The van der Waals surface area contributed by atoms with E-state index in [1.54, 1.807) is 0 Å². The van der Waals surface area contributed by atoms with Gasteiger partial charge in [0.15, 0.2) is 0 Å². The van der Waals surface area contributed by atoms with Crippen LogP contribution in [0.5, 0.6) is 0 Å². The zero-order valence-corrected chi connectivity index (χ0v) is 10.2. The third kappa shape index (κ3) is 117. The molecule has 0 amide bonds. The third-order valence-electron chi connectivity index (χ3n) is 0. The second-order valence-corrected chi connectivity index (χ2v) is 1.56. The van der Waals surface area contributed by atoms with Crippen molar-refractivity contribution >= 4 is 0 Å². The van der Waals surface area contributed by atoms with Gasteiger partial charge in [-0.1, -0.05) is 0 Å². The van der Waals surface area contributed by atoms with Crippen LogP contribution < -0.4 is 37.9 Å². The van der Waals surface area contributed by atoms with Crippen LogP contribution in [0.2, 0.25) is 0 Å². The second kappa shape index (κ2) is 13.2. The van der Waals surface area contributed by atoms with E-state index >= 15 is 0 Å². The van der Waals surface area contributed by atoms with Crippen LogP contribution in [0.1, 0.15) is 0 Å². The topological polar surface area (TPSA) is 80.3 Å². The van der Waals surface area contributed by atoms with Crippen LogP contribution in [0.25, 0.3) is 0 Å². The van der Waals surface area contributed by atoms with Crippen molar-refractivity contribution in [2.24, 2.45) is 0 Å². The Hall–Kier alpha value is 2.57. The van der Waals surface area contributed by atoms with Crippen LogP contribution in [0.3, 0.4) is 0 Å². The first kappa shape index (κ1) is 29.9. The summed E-state index contributed by atoms with van der Waals surface area (Å²) in [6.07, 6.45) is 0. The van der Waals surface area contributed by atoms with Gasteiger partial charge in [-0.2, -0.15) is 0 Å². The molecule has 56 valence electrons. The third-order valence-corrected chi connectivity index (χ3v) is 0. The molecule has 0 aromatic carbocycles. The van der Waals surface area contributed by atoms with Gasteiger partial charge in [-0.25, -0.2) is 0 Å². The van der Waals surface area contributed by atoms with Crippen molar-refractivity contribution in [1.82, 2.24) is 0 Å². The Balaban J connectivity index is -0.0000000133. The minimum atomic E-state index is -5.62. The summed E-state index contributed by atoms with van der Waals surface area (Å²) in [7, 11) is 0. The average molecular weight is 320 g/mol. The molecule has 9 heavy (non-hydrogen) atoms. The van der Waals surface area contributed by atoms with Gasteiger partial charge in [-0.3, -0.25) is 0 Å². The molecule has 0 bridgehead atoms. The van der Waals surface area contributed by atoms with Gasteiger partial charge in [-0.05, 0) is 0 Å². The summed E-state index contributed by atoms with van der Waals surface area (Å²) in [5, 5.41) is 0. The summed E-state index contributed by atoms with van der Waals surface area (Å²) in [5.74, 6) is 0. The summed E-state index contributed by atoms with van der Waals surface area (Å²) in [4.78, 5) is 0. The van der Waals surface area contributed by atoms with E-state index in [9.17, 15) is 0 Å². The molecular weight excluding hydrogens is 320 g/mol.